The monoisotopic (exact) mass is 680 g/mol. The predicted molar refractivity (Wildman–Crippen MR) is 172 cm³/mol. The molecule has 0 radical (unpaired) electrons. The minimum atomic E-state index is -4.71. The Hall–Kier alpha value is -3.03. The number of thiophene rings is 1. The van der Waals surface area contributed by atoms with Gasteiger partial charge < -0.3 is 25.3 Å². The number of hydrogen-bond donors (Lipinski definition) is 2. The number of urea groups is 1. The van der Waals surface area contributed by atoms with Crippen molar-refractivity contribution in [2.75, 3.05) is 50.3 Å². The van der Waals surface area contributed by atoms with Crippen LogP contribution in [0.1, 0.15) is 61.6 Å². The molecule has 9 nitrogen and oxygen atoms in total. The number of rotatable bonds is 7. The van der Waals surface area contributed by atoms with Gasteiger partial charge in [-0.2, -0.15) is 13.2 Å². The topological polar surface area (TPSA) is 102 Å². The van der Waals surface area contributed by atoms with Gasteiger partial charge in [0.05, 0.1) is 28.7 Å². The molecule has 0 saturated carbocycles. The van der Waals surface area contributed by atoms with E-state index in [0.717, 1.165) is 42.6 Å². The molecule has 250 valence electrons. The van der Waals surface area contributed by atoms with E-state index >= 15 is 0 Å². The highest BCUT2D eigenvalue weighted by Gasteiger charge is 2.38. The molecule has 0 bridgehead atoms. The van der Waals surface area contributed by atoms with E-state index in [4.69, 9.17) is 17.3 Å². The number of carbonyl (C=O) groups is 3. The van der Waals surface area contributed by atoms with Crippen LogP contribution in [-0.2, 0) is 28.7 Å². The molecule has 4 amide bonds. The van der Waals surface area contributed by atoms with Gasteiger partial charge in [0.25, 0.3) is 0 Å². The van der Waals surface area contributed by atoms with Crippen LogP contribution in [0.3, 0.4) is 0 Å². The summed E-state index contributed by atoms with van der Waals surface area (Å²) in [6.45, 7) is 4.63. The van der Waals surface area contributed by atoms with E-state index in [1.807, 2.05) is 16.3 Å². The van der Waals surface area contributed by atoms with E-state index in [9.17, 15) is 27.6 Å². The van der Waals surface area contributed by atoms with Gasteiger partial charge in [0.2, 0.25) is 11.8 Å². The zero-order chi connectivity index (χ0) is 32.6. The van der Waals surface area contributed by atoms with Crippen LogP contribution >= 0.6 is 22.9 Å². The van der Waals surface area contributed by atoms with Crippen LogP contribution in [0, 0.1) is 5.92 Å². The summed E-state index contributed by atoms with van der Waals surface area (Å²) in [5, 5.41) is 5.54. The predicted octanol–water partition coefficient (Wildman–Crippen LogP) is 5.68. The Kier molecular flexibility index (Phi) is 9.73. The first-order valence-corrected chi connectivity index (χ1v) is 17.3. The van der Waals surface area contributed by atoms with Crippen LogP contribution in [0.4, 0.5) is 28.7 Å². The Morgan fingerprint density at radius 3 is 2.33 bits per heavy atom. The van der Waals surface area contributed by atoms with Crippen molar-refractivity contribution < 1.29 is 27.6 Å². The van der Waals surface area contributed by atoms with Crippen molar-refractivity contribution in [1.29, 1.82) is 0 Å². The van der Waals surface area contributed by atoms with Crippen molar-refractivity contribution in [3.63, 3.8) is 0 Å². The second kappa shape index (κ2) is 13.6. The molecule has 6 rings (SSSR count). The summed E-state index contributed by atoms with van der Waals surface area (Å²) in [7, 11) is 0. The molecule has 3 N–H and O–H groups in total. The fourth-order valence-corrected chi connectivity index (χ4v) is 8.47. The molecule has 2 aromatic rings. The van der Waals surface area contributed by atoms with Gasteiger partial charge in [0, 0.05) is 50.2 Å². The van der Waals surface area contributed by atoms with Gasteiger partial charge in [0.1, 0.15) is 5.00 Å². The fourth-order valence-electron chi connectivity index (χ4n) is 7.43. The van der Waals surface area contributed by atoms with Gasteiger partial charge >= 0.3 is 12.2 Å². The highest BCUT2D eigenvalue weighted by atomic mass is 35.5. The molecule has 14 heteroatoms. The molecule has 5 heterocycles. The van der Waals surface area contributed by atoms with Gasteiger partial charge in [-0.15, -0.1) is 11.3 Å². The number of carbonyl (C=O) groups excluding carboxylic acids is 3. The van der Waals surface area contributed by atoms with E-state index in [1.165, 1.54) is 30.2 Å². The van der Waals surface area contributed by atoms with Crippen molar-refractivity contribution in [2.45, 2.75) is 76.2 Å². The van der Waals surface area contributed by atoms with Crippen molar-refractivity contribution in [1.82, 2.24) is 19.6 Å². The van der Waals surface area contributed by atoms with Gasteiger partial charge in [0.15, 0.2) is 0 Å². The second-order valence-electron chi connectivity index (χ2n) is 12.9. The Morgan fingerprint density at radius 2 is 1.65 bits per heavy atom. The first-order valence-electron chi connectivity index (χ1n) is 16.1. The van der Waals surface area contributed by atoms with Gasteiger partial charge in [-0.25, -0.2) is 4.79 Å². The zero-order valence-electron chi connectivity index (χ0n) is 25.7. The summed E-state index contributed by atoms with van der Waals surface area (Å²) < 4.78 is 41.3. The summed E-state index contributed by atoms with van der Waals surface area (Å²) in [6, 6.07) is 4.57. The first kappa shape index (κ1) is 32.9. The van der Waals surface area contributed by atoms with Crippen molar-refractivity contribution in [3.05, 3.63) is 45.3 Å². The third kappa shape index (κ3) is 7.11. The number of nitrogen functional groups attached to an aromatic ring is 1. The SMILES string of the molecule is Nc1c(Cl)cc(C[C@@H](CC(=O)N2CCC(N3Cc4ccsc4NC3=O)CC2)C(=O)N2CCC(N3CCCC3)CC2)cc1C(F)(F)F. The molecule has 1 aromatic heterocycles. The number of nitrogens with two attached hydrogens (primary N) is 1. The van der Waals surface area contributed by atoms with Gasteiger partial charge in [-0.3, -0.25) is 14.9 Å². The summed E-state index contributed by atoms with van der Waals surface area (Å²) in [5.41, 5.74) is 5.35. The third-order valence-electron chi connectivity index (χ3n) is 10.0. The molecule has 0 spiro atoms. The van der Waals surface area contributed by atoms with Crippen LogP contribution in [0.5, 0.6) is 0 Å². The molecule has 3 fully saturated rings. The largest absolute Gasteiger partial charge is 0.418 e. The molecule has 1 aromatic carbocycles. The minimum absolute atomic E-state index is 0.0239. The number of amides is 4. The van der Waals surface area contributed by atoms with Crippen molar-refractivity contribution in [3.8, 4) is 0 Å². The molecule has 0 unspecified atom stereocenters. The van der Waals surface area contributed by atoms with E-state index in [-0.39, 0.29) is 47.3 Å². The number of piperidine rings is 2. The maximum absolute atomic E-state index is 14.0. The second-order valence-corrected chi connectivity index (χ2v) is 14.2. The average molecular weight is 681 g/mol. The van der Waals surface area contributed by atoms with E-state index in [2.05, 4.69) is 10.2 Å². The Bertz CT molecular complexity index is 1450. The molecule has 4 aliphatic rings. The molecule has 4 aliphatic heterocycles. The number of likely N-dealkylation sites (tertiary alicyclic amines) is 3. The number of fused-ring (bicyclic) bond motifs is 1. The van der Waals surface area contributed by atoms with Crippen molar-refractivity contribution >= 4 is 51.5 Å². The highest BCUT2D eigenvalue weighted by Crippen LogP contribution is 2.39. The minimum Gasteiger partial charge on any atom is -0.397 e. The Balaban J connectivity index is 1.13. The van der Waals surface area contributed by atoms with Crippen LogP contribution in [-0.4, -0.2) is 88.8 Å². The molecular weight excluding hydrogens is 641 g/mol. The van der Waals surface area contributed by atoms with E-state index < -0.39 is 23.3 Å². The Morgan fingerprint density at radius 1 is 1.00 bits per heavy atom. The average Bonchev–Trinajstić information content (AvgIpc) is 3.74. The smallest absolute Gasteiger partial charge is 0.397 e. The summed E-state index contributed by atoms with van der Waals surface area (Å²) in [4.78, 5) is 48.2. The van der Waals surface area contributed by atoms with Crippen molar-refractivity contribution in [2.24, 2.45) is 5.92 Å². The van der Waals surface area contributed by atoms with E-state index in [0.29, 0.717) is 51.6 Å². The van der Waals surface area contributed by atoms with E-state index in [1.54, 1.807) is 9.80 Å². The first-order chi connectivity index (χ1) is 22.0. The quantitative estimate of drug-likeness (QED) is 0.367. The van der Waals surface area contributed by atoms with Crippen LogP contribution < -0.4 is 11.1 Å². The lowest BCUT2D eigenvalue weighted by molar-refractivity contribution is -0.143. The lowest BCUT2D eigenvalue weighted by Gasteiger charge is -2.40. The standard InChI is InChI=1S/C32H40ClF3N6O3S/c33-26-17-20(16-25(28(26)37)32(34,35)36)15-22(30(44)41-12-3-23(4-13-41)39-8-1-2-9-39)18-27(43)40-10-5-24(6-11-40)42-19-21-7-14-46-29(21)38-31(42)45/h7,14,16-17,22-24H,1-6,8-13,15,18-19,37H2,(H,38,45)/t22-/m0/s1. The zero-order valence-corrected chi connectivity index (χ0v) is 27.2. The van der Waals surface area contributed by atoms with Crippen LogP contribution in [0.2, 0.25) is 5.02 Å². The molecule has 0 aliphatic carbocycles. The molecule has 1 atom stereocenters. The summed E-state index contributed by atoms with van der Waals surface area (Å²) in [5.74, 6) is -1.29. The third-order valence-corrected chi connectivity index (χ3v) is 11.2. The number of nitrogens with zero attached hydrogens (tertiary/aromatic N) is 4. The molecule has 3 saturated heterocycles. The lowest BCUT2D eigenvalue weighted by Crippen LogP contribution is -2.51. The highest BCUT2D eigenvalue weighted by molar-refractivity contribution is 7.14. The lowest BCUT2D eigenvalue weighted by atomic mass is 9.91. The summed E-state index contributed by atoms with van der Waals surface area (Å²) >= 11 is 7.62. The maximum Gasteiger partial charge on any atom is 0.418 e. The fraction of sp³-hybridized carbons (Fsp3) is 0.594. The van der Waals surface area contributed by atoms with Crippen LogP contribution in [0.25, 0.3) is 0 Å². The molecule has 46 heavy (non-hydrogen) atoms. The number of benzene rings is 1. The maximum atomic E-state index is 14.0. The Labute approximate surface area is 275 Å². The van der Waals surface area contributed by atoms with Gasteiger partial charge in [-0.1, -0.05) is 11.6 Å². The number of halogens is 4. The number of anilines is 2. The number of nitrogens with one attached hydrogen (secondary N) is 1. The normalized spacial score (nSPS) is 21.0. The number of hydrogen-bond acceptors (Lipinski definition) is 6. The number of alkyl halides is 3. The van der Waals surface area contributed by atoms with Crippen LogP contribution in [0.15, 0.2) is 23.6 Å². The summed E-state index contributed by atoms with van der Waals surface area (Å²) in [6.07, 6.45) is 0.349. The molecular formula is C32H40ClF3N6O3S. The van der Waals surface area contributed by atoms with Gasteiger partial charge in [-0.05, 0) is 87.2 Å².